The lowest BCUT2D eigenvalue weighted by Gasteiger charge is -2.13. The highest BCUT2D eigenvalue weighted by Crippen LogP contribution is 2.13. The molecule has 3 heteroatoms. The number of benzene rings is 1. The predicted molar refractivity (Wildman–Crippen MR) is 145 cm³/mol. The Hall–Kier alpha value is -1.35. The van der Waals surface area contributed by atoms with Crippen molar-refractivity contribution in [2.75, 3.05) is 19.6 Å². The third-order valence-electron chi connectivity index (χ3n) is 6.79. The van der Waals surface area contributed by atoms with Gasteiger partial charge in [-0.3, -0.25) is 4.79 Å². The largest absolute Gasteiger partial charge is 0.370 e. The van der Waals surface area contributed by atoms with Crippen LogP contribution >= 0.6 is 0 Å². The van der Waals surface area contributed by atoms with Crippen molar-refractivity contribution in [3.8, 4) is 0 Å². The molecule has 1 aromatic carbocycles. The van der Waals surface area contributed by atoms with Gasteiger partial charge in [-0.1, -0.05) is 114 Å². The minimum absolute atomic E-state index is 0.155. The second-order valence-electron chi connectivity index (χ2n) is 10.1. The first-order chi connectivity index (χ1) is 16.1. The minimum atomic E-state index is -0.155. The van der Waals surface area contributed by atoms with E-state index in [0.29, 0.717) is 6.42 Å². The molecule has 1 aliphatic rings. The van der Waals surface area contributed by atoms with Gasteiger partial charge < -0.3 is 10.6 Å². The molecule has 0 radical (unpaired) electrons. The van der Waals surface area contributed by atoms with E-state index in [1.807, 2.05) is 0 Å². The van der Waals surface area contributed by atoms with Gasteiger partial charge in [-0.25, -0.2) is 0 Å². The zero-order valence-electron chi connectivity index (χ0n) is 22.1. The van der Waals surface area contributed by atoms with Crippen LogP contribution in [-0.4, -0.2) is 30.4 Å². The fourth-order valence-electron chi connectivity index (χ4n) is 4.58. The van der Waals surface area contributed by atoms with Crippen molar-refractivity contribution in [1.82, 2.24) is 4.90 Å². The van der Waals surface area contributed by atoms with Gasteiger partial charge in [0.1, 0.15) is 0 Å². The zero-order valence-corrected chi connectivity index (χ0v) is 22.1. The maximum atomic E-state index is 10.5. The smallest absolute Gasteiger partial charge is 0.217 e. The van der Waals surface area contributed by atoms with E-state index < -0.39 is 0 Å². The number of likely N-dealkylation sites (tertiary alicyclic amines) is 1. The summed E-state index contributed by atoms with van der Waals surface area (Å²) in [5, 5.41) is 0. The number of rotatable bonds is 18. The number of hydrogen-bond acceptors (Lipinski definition) is 2. The topological polar surface area (TPSA) is 46.3 Å². The molecule has 3 nitrogen and oxygen atoms in total. The van der Waals surface area contributed by atoms with Crippen molar-refractivity contribution >= 4 is 5.91 Å². The number of carbonyl (C=O) groups excluding carboxylic acids is 1. The van der Waals surface area contributed by atoms with Crippen molar-refractivity contribution in [1.29, 1.82) is 0 Å². The highest BCUT2D eigenvalue weighted by molar-refractivity contribution is 5.73. The Morgan fingerprint density at radius 3 is 1.73 bits per heavy atom. The molecule has 1 amide bonds. The van der Waals surface area contributed by atoms with E-state index >= 15 is 0 Å². The second-order valence-corrected chi connectivity index (χ2v) is 10.1. The predicted octanol–water partition coefficient (Wildman–Crippen LogP) is 7.98. The number of unbranched alkanes of at least 4 members (excludes halogenated alkanes) is 12. The molecule has 190 valence electrons. The van der Waals surface area contributed by atoms with Crippen LogP contribution in [0.15, 0.2) is 24.3 Å². The molecule has 0 aromatic heterocycles. The molecule has 0 atom stereocenters. The third kappa shape index (κ3) is 18.7. The van der Waals surface area contributed by atoms with Crippen LogP contribution in [0.2, 0.25) is 0 Å². The van der Waals surface area contributed by atoms with E-state index in [1.54, 1.807) is 0 Å². The maximum Gasteiger partial charge on any atom is 0.217 e. The summed E-state index contributed by atoms with van der Waals surface area (Å²) < 4.78 is 0. The summed E-state index contributed by atoms with van der Waals surface area (Å²) in [5.74, 6) is -0.155. The van der Waals surface area contributed by atoms with Crippen LogP contribution in [-0.2, 0) is 11.2 Å². The Labute approximate surface area is 205 Å². The number of primary amides is 1. The van der Waals surface area contributed by atoms with Crippen molar-refractivity contribution in [3.05, 3.63) is 35.4 Å². The van der Waals surface area contributed by atoms with Crippen LogP contribution in [0.1, 0.15) is 127 Å². The number of nitrogens with zero attached hydrogens (tertiary/aromatic N) is 1. The molecule has 1 saturated heterocycles. The Bertz CT molecular complexity index is 563. The summed E-state index contributed by atoms with van der Waals surface area (Å²) in [6, 6.07) is 8.95. The molecule has 33 heavy (non-hydrogen) atoms. The second kappa shape index (κ2) is 21.2. The van der Waals surface area contributed by atoms with Crippen molar-refractivity contribution in [3.63, 3.8) is 0 Å². The number of amides is 1. The summed E-state index contributed by atoms with van der Waals surface area (Å²) in [7, 11) is 0. The van der Waals surface area contributed by atoms with Gasteiger partial charge in [0.15, 0.2) is 0 Å². The quantitative estimate of drug-likeness (QED) is 0.227. The highest BCUT2D eigenvalue weighted by Gasteiger charge is 2.10. The summed E-state index contributed by atoms with van der Waals surface area (Å²) in [6.45, 7) is 8.35. The Morgan fingerprint density at radius 2 is 1.24 bits per heavy atom. The normalized spacial score (nSPS) is 13.6. The first kappa shape index (κ1) is 29.7. The van der Waals surface area contributed by atoms with E-state index in [-0.39, 0.29) is 5.91 Å². The van der Waals surface area contributed by atoms with Gasteiger partial charge in [0.25, 0.3) is 0 Å². The Morgan fingerprint density at radius 1 is 0.758 bits per heavy atom. The zero-order chi connectivity index (χ0) is 24.0. The number of carbonyl (C=O) groups is 1. The molecule has 0 spiro atoms. The van der Waals surface area contributed by atoms with Crippen LogP contribution in [0.5, 0.6) is 0 Å². The van der Waals surface area contributed by atoms with Crippen molar-refractivity contribution in [2.24, 2.45) is 5.73 Å². The highest BCUT2D eigenvalue weighted by atomic mass is 16.1. The summed E-state index contributed by atoms with van der Waals surface area (Å²) in [4.78, 5) is 13.1. The number of hydrogen-bond donors (Lipinski definition) is 1. The standard InChI is InChI=1S/C16H33NO.C14H21N/c1-2-3-4-5-6-7-8-9-10-11-12-13-14-15-16(17)18;1-13-6-8-14(9-7-13)5-4-12-15-10-2-3-11-15/h2-15H2,1H3,(H2,17,18);6-9H,2-5,10-12H2,1H3. The van der Waals surface area contributed by atoms with Gasteiger partial charge in [-0.05, 0) is 64.2 Å². The lowest BCUT2D eigenvalue weighted by Crippen LogP contribution is -2.20. The van der Waals surface area contributed by atoms with Gasteiger partial charge in [-0.2, -0.15) is 0 Å². The molecule has 2 N–H and O–H groups in total. The van der Waals surface area contributed by atoms with Gasteiger partial charge in [0.2, 0.25) is 5.91 Å². The fraction of sp³-hybridized carbons (Fsp3) is 0.767. The molecule has 2 rings (SSSR count). The van der Waals surface area contributed by atoms with Gasteiger partial charge in [0, 0.05) is 6.42 Å². The molecule has 1 heterocycles. The van der Waals surface area contributed by atoms with E-state index in [4.69, 9.17) is 5.73 Å². The molecule has 1 aromatic rings. The van der Waals surface area contributed by atoms with Gasteiger partial charge in [0.05, 0.1) is 0 Å². The summed E-state index contributed by atoms with van der Waals surface area (Å²) in [5.41, 5.74) is 7.94. The Balaban J connectivity index is 0.000000334. The lowest BCUT2D eigenvalue weighted by atomic mass is 10.0. The maximum absolute atomic E-state index is 10.5. The first-order valence-corrected chi connectivity index (χ1v) is 14.2. The SMILES string of the molecule is CCCCCCCCCCCCCCCC(N)=O.Cc1ccc(CCCN2CCCC2)cc1. The summed E-state index contributed by atoms with van der Waals surface area (Å²) in [6.07, 6.45) is 23.3. The minimum Gasteiger partial charge on any atom is -0.370 e. The van der Waals surface area contributed by atoms with Crippen LogP contribution in [0.25, 0.3) is 0 Å². The molecule has 1 fully saturated rings. The molecule has 0 saturated carbocycles. The summed E-state index contributed by atoms with van der Waals surface area (Å²) >= 11 is 0. The number of nitrogens with two attached hydrogens (primary N) is 1. The molecular weight excluding hydrogens is 404 g/mol. The number of aryl methyl sites for hydroxylation is 2. The van der Waals surface area contributed by atoms with E-state index in [0.717, 1.165) is 6.42 Å². The average Bonchev–Trinajstić information content (AvgIpc) is 3.32. The van der Waals surface area contributed by atoms with Crippen LogP contribution in [0.3, 0.4) is 0 Å². The average molecular weight is 459 g/mol. The lowest BCUT2D eigenvalue weighted by molar-refractivity contribution is -0.118. The first-order valence-electron chi connectivity index (χ1n) is 14.2. The molecule has 0 aliphatic carbocycles. The molecule has 0 unspecified atom stereocenters. The van der Waals surface area contributed by atoms with E-state index in [1.165, 1.54) is 133 Å². The Kier molecular flexibility index (Phi) is 19.1. The van der Waals surface area contributed by atoms with Crippen LogP contribution < -0.4 is 5.73 Å². The van der Waals surface area contributed by atoms with E-state index in [9.17, 15) is 4.79 Å². The van der Waals surface area contributed by atoms with Crippen LogP contribution in [0.4, 0.5) is 0 Å². The fourth-order valence-corrected chi connectivity index (χ4v) is 4.58. The van der Waals surface area contributed by atoms with Crippen LogP contribution in [0, 0.1) is 6.92 Å². The molecular formula is C30H54N2O. The van der Waals surface area contributed by atoms with Crippen molar-refractivity contribution in [2.45, 2.75) is 129 Å². The van der Waals surface area contributed by atoms with Crippen molar-refractivity contribution < 1.29 is 4.79 Å². The third-order valence-corrected chi connectivity index (χ3v) is 6.79. The van der Waals surface area contributed by atoms with Gasteiger partial charge >= 0.3 is 0 Å². The monoisotopic (exact) mass is 458 g/mol. The van der Waals surface area contributed by atoms with E-state index in [2.05, 4.69) is 43.0 Å². The molecule has 0 bridgehead atoms. The molecule has 1 aliphatic heterocycles. The van der Waals surface area contributed by atoms with Gasteiger partial charge in [-0.15, -0.1) is 0 Å².